The Balaban J connectivity index is 5.08. The number of hydrogen-bond donors (Lipinski definition) is 1. The average molecular weight is 274 g/mol. The van der Waals surface area contributed by atoms with Gasteiger partial charge >= 0.3 is 12.2 Å². The second-order valence-electron chi connectivity index (χ2n) is 4.85. The summed E-state index contributed by atoms with van der Waals surface area (Å²) in [5, 5.41) is 0.856. The minimum Gasteiger partial charge on any atom is -0.449 e. The molecule has 0 saturated carbocycles. The molecular weight excluding hydrogens is 252 g/mol. The van der Waals surface area contributed by atoms with Crippen LogP contribution < -0.4 is 5.43 Å². The lowest BCUT2D eigenvalue weighted by Crippen LogP contribution is -2.57. The van der Waals surface area contributed by atoms with Gasteiger partial charge in [0.1, 0.15) is 12.3 Å². The van der Waals surface area contributed by atoms with E-state index in [0.717, 1.165) is 5.01 Å². The third-order valence-corrected chi connectivity index (χ3v) is 2.25. The molecule has 0 bridgehead atoms. The minimum absolute atomic E-state index is 0.134. The Morgan fingerprint density at radius 2 is 1.74 bits per heavy atom. The molecule has 0 aromatic carbocycles. The number of nitrogens with zero attached hydrogens (tertiary/aromatic N) is 1. The lowest BCUT2D eigenvalue weighted by molar-refractivity contribution is -0.116. The average Bonchev–Trinajstić information content (AvgIpc) is 2.27. The molecule has 2 amide bonds. The molecule has 0 unspecified atom stereocenters. The molecule has 19 heavy (non-hydrogen) atoms. The van der Waals surface area contributed by atoms with Crippen LogP contribution in [0.4, 0.5) is 9.59 Å². The third-order valence-electron chi connectivity index (χ3n) is 2.25. The van der Waals surface area contributed by atoms with Crippen LogP contribution in [0.5, 0.6) is 0 Å². The highest BCUT2D eigenvalue weighted by molar-refractivity contribution is 5.77. The Labute approximate surface area is 113 Å². The Kier molecular flexibility index (Phi) is 6.89. The summed E-state index contributed by atoms with van der Waals surface area (Å²) in [5.41, 5.74) is 1.66. The fourth-order valence-corrected chi connectivity index (χ4v) is 1.34. The summed E-state index contributed by atoms with van der Waals surface area (Å²) in [5.74, 6) is 0. The molecule has 0 aliphatic heterocycles. The van der Waals surface area contributed by atoms with Crippen molar-refractivity contribution in [3.63, 3.8) is 0 Å². The molecule has 0 aliphatic rings. The van der Waals surface area contributed by atoms with Crippen molar-refractivity contribution in [2.75, 3.05) is 13.2 Å². The molecule has 1 N–H and O–H groups in total. The number of nitrogens with one attached hydrogen (secondary N) is 1. The first kappa shape index (κ1) is 17.2. The van der Waals surface area contributed by atoms with Crippen molar-refractivity contribution in [2.24, 2.45) is 5.41 Å². The van der Waals surface area contributed by atoms with Crippen LogP contribution >= 0.6 is 0 Å². The Bertz CT molecular complexity index is 325. The molecule has 0 rings (SSSR count). The van der Waals surface area contributed by atoms with Crippen molar-refractivity contribution in [2.45, 2.75) is 40.7 Å². The maximum atomic E-state index is 11.8. The maximum absolute atomic E-state index is 11.8. The lowest BCUT2D eigenvalue weighted by atomic mass is 9.87. The van der Waals surface area contributed by atoms with E-state index >= 15 is 0 Å². The molecular formula is C12H22N2O5. The van der Waals surface area contributed by atoms with Gasteiger partial charge in [-0.2, -0.15) is 0 Å². The predicted octanol–water partition coefficient (Wildman–Crippen LogP) is 1.72. The molecule has 110 valence electrons. The normalized spacial score (nSPS) is 12.3. The van der Waals surface area contributed by atoms with Gasteiger partial charge in [-0.15, -0.1) is 0 Å². The number of carbonyl (C=O) groups excluding carboxylic acids is 3. The summed E-state index contributed by atoms with van der Waals surface area (Å²) in [7, 11) is 0. The van der Waals surface area contributed by atoms with Crippen LogP contribution in [0, 0.1) is 5.41 Å². The first-order valence-corrected chi connectivity index (χ1v) is 6.12. The van der Waals surface area contributed by atoms with E-state index in [1.807, 2.05) is 0 Å². The largest absolute Gasteiger partial charge is 0.449 e. The van der Waals surface area contributed by atoms with Gasteiger partial charge in [-0.25, -0.2) is 20.0 Å². The number of hydrogen-bond acceptors (Lipinski definition) is 5. The highest BCUT2D eigenvalue weighted by Gasteiger charge is 2.35. The zero-order valence-corrected chi connectivity index (χ0v) is 12.1. The number of rotatable bonds is 4. The number of amides is 2. The van der Waals surface area contributed by atoms with Crippen molar-refractivity contribution >= 4 is 18.5 Å². The number of hydrazine groups is 1. The zero-order chi connectivity index (χ0) is 15.1. The van der Waals surface area contributed by atoms with E-state index in [0.29, 0.717) is 6.29 Å². The molecule has 0 aliphatic carbocycles. The Hall–Kier alpha value is -1.79. The van der Waals surface area contributed by atoms with Gasteiger partial charge in [0.25, 0.3) is 0 Å². The molecule has 0 spiro atoms. The van der Waals surface area contributed by atoms with E-state index in [4.69, 9.17) is 9.47 Å². The van der Waals surface area contributed by atoms with Gasteiger partial charge in [0.05, 0.1) is 13.2 Å². The standard InChI is InChI=1S/C12H22N2O5/c1-6-18-10(16)13-14(11(17)19-7-2)9(8-15)12(3,4)5/h8-9H,6-7H2,1-5H3,(H,13,16)/t9-/m0/s1. The second-order valence-corrected chi connectivity index (χ2v) is 4.85. The predicted molar refractivity (Wildman–Crippen MR) is 68.3 cm³/mol. The topological polar surface area (TPSA) is 84.9 Å². The van der Waals surface area contributed by atoms with E-state index < -0.39 is 23.6 Å². The summed E-state index contributed by atoms with van der Waals surface area (Å²) in [6.45, 7) is 8.86. The first-order valence-electron chi connectivity index (χ1n) is 6.12. The van der Waals surface area contributed by atoms with Crippen molar-refractivity contribution in [3.05, 3.63) is 0 Å². The van der Waals surface area contributed by atoms with Crippen LogP contribution in [0.3, 0.4) is 0 Å². The quantitative estimate of drug-likeness (QED) is 0.623. The van der Waals surface area contributed by atoms with Gasteiger partial charge in [-0.1, -0.05) is 20.8 Å². The monoisotopic (exact) mass is 274 g/mol. The molecule has 7 heteroatoms. The summed E-state index contributed by atoms with van der Waals surface area (Å²) < 4.78 is 9.51. The fraction of sp³-hybridized carbons (Fsp3) is 0.750. The van der Waals surface area contributed by atoms with Crippen molar-refractivity contribution in [3.8, 4) is 0 Å². The molecule has 0 heterocycles. The van der Waals surface area contributed by atoms with E-state index in [1.54, 1.807) is 34.6 Å². The molecule has 0 fully saturated rings. The van der Waals surface area contributed by atoms with Crippen LogP contribution in [-0.2, 0) is 14.3 Å². The van der Waals surface area contributed by atoms with Gasteiger partial charge < -0.3 is 14.3 Å². The SMILES string of the molecule is CCOC(=O)NN(C(=O)OCC)[C@@H](C=O)C(C)(C)C. The molecule has 0 aromatic heterocycles. The lowest BCUT2D eigenvalue weighted by Gasteiger charge is -2.35. The summed E-state index contributed by atoms with van der Waals surface area (Å²) in [4.78, 5) is 34.4. The fourth-order valence-electron chi connectivity index (χ4n) is 1.34. The zero-order valence-electron chi connectivity index (χ0n) is 12.1. The van der Waals surface area contributed by atoms with E-state index in [9.17, 15) is 14.4 Å². The van der Waals surface area contributed by atoms with Crippen LogP contribution in [0.2, 0.25) is 0 Å². The molecule has 0 saturated heterocycles. The van der Waals surface area contributed by atoms with Crippen molar-refractivity contribution < 1.29 is 23.9 Å². The van der Waals surface area contributed by atoms with Crippen LogP contribution in [0.15, 0.2) is 0 Å². The molecule has 0 radical (unpaired) electrons. The maximum Gasteiger partial charge on any atom is 0.429 e. The Morgan fingerprint density at radius 3 is 2.11 bits per heavy atom. The van der Waals surface area contributed by atoms with E-state index in [-0.39, 0.29) is 13.2 Å². The minimum atomic E-state index is -0.865. The molecule has 0 aromatic rings. The summed E-state index contributed by atoms with van der Waals surface area (Å²) in [6.07, 6.45) is -1.03. The third kappa shape index (κ3) is 5.58. The summed E-state index contributed by atoms with van der Waals surface area (Å²) >= 11 is 0. The number of ether oxygens (including phenoxy) is 2. The van der Waals surface area contributed by atoms with Gasteiger partial charge in [-0.3, -0.25) is 0 Å². The number of carbonyl (C=O) groups is 3. The highest BCUT2D eigenvalue weighted by Crippen LogP contribution is 2.22. The van der Waals surface area contributed by atoms with Crippen molar-refractivity contribution in [1.82, 2.24) is 10.4 Å². The first-order chi connectivity index (χ1) is 8.77. The number of aldehydes is 1. The second kappa shape index (κ2) is 7.60. The Morgan fingerprint density at radius 1 is 1.21 bits per heavy atom. The molecule has 7 nitrogen and oxygen atoms in total. The van der Waals surface area contributed by atoms with E-state index in [2.05, 4.69) is 5.43 Å². The van der Waals surface area contributed by atoms with Crippen LogP contribution in [0.25, 0.3) is 0 Å². The smallest absolute Gasteiger partial charge is 0.429 e. The van der Waals surface area contributed by atoms with Crippen LogP contribution in [0.1, 0.15) is 34.6 Å². The van der Waals surface area contributed by atoms with Crippen molar-refractivity contribution in [1.29, 1.82) is 0 Å². The van der Waals surface area contributed by atoms with Gasteiger partial charge in [0.15, 0.2) is 0 Å². The van der Waals surface area contributed by atoms with E-state index in [1.165, 1.54) is 0 Å². The van der Waals surface area contributed by atoms with Gasteiger partial charge in [-0.05, 0) is 19.3 Å². The van der Waals surface area contributed by atoms with Gasteiger partial charge in [0.2, 0.25) is 0 Å². The summed E-state index contributed by atoms with van der Waals surface area (Å²) in [6, 6.07) is -0.865. The van der Waals surface area contributed by atoms with Gasteiger partial charge in [0, 0.05) is 0 Å². The highest BCUT2D eigenvalue weighted by atomic mass is 16.6. The molecule has 1 atom stereocenters. The van der Waals surface area contributed by atoms with Crippen LogP contribution in [-0.4, -0.2) is 42.7 Å².